The van der Waals surface area contributed by atoms with E-state index in [4.69, 9.17) is 11.5 Å². The van der Waals surface area contributed by atoms with Crippen LogP contribution in [0.4, 0.5) is 0 Å². The minimum Gasteiger partial charge on any atom is -0.507 e. The van der Waals surface area contributed by atoms with E-state index in [1.54, 1.807) is 41.5 Å². The molecule has 1 aromatic heterocycles. The first-order valence-corrected chi connectivity index (χ1v) is 6.84. The lowest BCUT2D eigenvalue weighted by molar-refractivity contribution is 0.473. The summed E-state index contributed by atoms with van der Waals surface area (Å²) < 4.78 is 1.80. The van der Waals surface area contributed by atoms with Gasteiger partial charge in [-0.1, -0.05) is 12.2 Å². The topological polar surface area (TPSA) is 102 Å². The lowest BCUT2D eigenvalue weighted by atomic mass is 10.1. The first kappa shape index (κ1) is 13.8. The standard InChI is InChI=1S/C16H17N5O/c17-14(8-11-2-1-5-20-16(11)18)13-4-3-12(9-15(13)22)21-7-6-19-10-21/h1-4,6-10,20,22H,5,17-18H2/b14-8-. The molecule has 0 unspecified atom stereocenters. The molecule has 1 aliphatic rings. The Kier molecular flexibility index (Phi) is 3.57. The Balaban J connectivity index is 1.93. The van der Waals surface area contributed by atoms with Crippen molar-refractivity contribution in [2.45, 2.75) is 0 Å². The van der Waals surface area contributed by atoms with Gasteiger partial charge >= 0.3 is 0 Å². The van der Waals surface area contributed by atoms with Crippen LogP contribution < -0.4 is 16.8 Å². The molecule has 1 aliphatic heterocycles. The van der Waals surface area contributed by atoms with Crippen LogP contribution in [0.3, 0.4) is 0 Å². The van der Waals surface area contributed by atoms with Gasteiger partial charge in [-0.2, -0.15) is 0 Å². The lowest BCUT2D eigenvalue weighted by Gasteiger charge is -2.13. The van der Waals surface area contributed by atoms with Gasteiger partial charge in [0.05, 0.1) is 12.0 Å². The Morgan fingerprint density at radius 3 is 2.95 bits per heavy atom. The average Bonchev–Trinajstić information content (AvgIpc) is 3.03. The second kappa shape index (κ2) is 5.69. The number of phenols is 1. The summed E-state index contributed by atoms with van der Waals surface area (Å²) >= 11 is 0. The zero-order valence-electron chi connectivity index (χ0n) is 11.9. The van der Waals surface area contributed by atoms with Crippen LogP contribution in [-0.4, -0.2) is 21.2 Å². The van der Waals surface area contributed by atoms with E-state index in [9.17, 15) is 5.11 Å². The molecule has 22 heavy (non-hydrogen) atoms. The number of aromatic hydroxyl groups is 1. The van der Waals surface area contributed by atoms with Crippen molar-refractivity contribution in [2.75, 3.05) is 6.54 Å². The van der Waals surface area contributed by atoms with Crippen molar-refractivity contribution in [1.29, 1.82) is 0 Å². The quantitative estimate of drug-likeness (QED) is 0.681. The van der Waals surface area contributed by atoms with E-state index in [1.165, 1.54) is 0 Å². The van der Waals surface area contributed by atoms with Crippen molar-refractivity contribution >= 4 is 5.70 Å². The molecular formula is C16H17N5O. The van der Waals surface area contributed by atoms with Crippen molar-refractivity contribution < 1.29 is 5.11 Å². The lowest BCUT2D eigenvalue weighted by Crippen LogP contribution is -2.24. The van der Waals surface area contributed by atoms with Gasteiger partial charge < -0.3 is 26.5 Å². The van der Waals surface area contributed by atoms with E-state index in [0.29, 0.717) is 23.6 Å². The number of dihydropyridines is 1. The summed E-state index contributed by atoms with van der Waals surface area (Å²) in [6, 6.07) is 5.28. The Labute approximate surface area is 128 Å². The average molecular weight is 295 g/mol. The molecule has 0 spiro atoms. The fourth-order valence-electron chi connectivity index (χ4n) is 2.25. The van der Waals surface area contributed by atoms with Crippen LogP contribution >= 0.6 is 0 Å². The van der Waals surface area contributed by atoms with Gasteiger partial charge in [-0.3, -0.25) is 0 Å². The number of allylic oxidation sites excluding steroid dienone is 3. The number of imidazole rings is 1. The fraction of sp³-hybridized carbons (Fsp3) is 0.0625. The molecule has 0 bridgehead atoms. The number of nitrogens with zero attached hydrogens (tertiary/aromatic N) is 2. The van der Waals surface area contributed by atoms with E-state index in [-0.39, 0.29) is 5.75 Å². The van der Waals surface area contributed by atoms with Crippen LogP contribution in [0.2, 0.25) is 0 Å². The van der Waals surface area contributed by atoms with Crippen molar-refractivity contribution in [3.63, 3.8) is 0 Å². The largest absolute Gasteiger partial charge is 0.507 e. The Hall–Kier alpha value is -3.15. The highest BCUT2D eigenvalue weighted by Crippen LogP contribution is 2.26. The van der Waals surface area contributed by atoms with Crippen LogP contribution in [0.5, 0.6) is 5.75 Å². The molecule has 2 aromatic rings. The number of rotatable bonds is 3. The molecule has 0 amide bonds. The van der Waals surface area contributed by atoms with Crippen molar-refractivity contribution in [2.24, 2.45) is 11.5 Å². The molecule has 0 atom stereocenters. The first-order valence-electron chi connectivity index (χ1n) is 6.84. The zero-order valence-corrected chi connectivity index (χ0v) is 11.9. The van der Waals surface area contributed by atoms with Gasteiger partial charge in [0.1, 0.15) is 11.6 Å². The summed E-state index contributed by atoms with van der Waals surface area (Å²) in [6.45, 7) is 0.702. The highest BCUT2D eigenvalue weighted by atomic mass is 16.3. The van der Waals surface area contributed by atoms with Gasteiger partial charge in [0.25, 0.3) is 0 Å². The van der Waals surface area contributed by atoms with Crippen molar-refractivity contribution in [1.82, 2.24) is 14.9 Å². The second-order valence-electron chi connectivity index (χ2n) is 4.92. The highest BCUT2D eigenvalue weighted by molar-refractivity contribution is 5.72. The summed E-state index contributed by atoms with van der Waals surface area (Å²) in [6.07, 6.45) is 10.7. The zero-order chi connectivity index (χ0) is 15.5. The normalized spacial score (nSPS) is 15.0. The van der Waals surface area contributed by atoms with Gasteiger partial charge in [0, 0.05) is 41.8 Å². The maximum absolute atomic E-state index is 10.2. The van der Waals surface area contributed by atoms with E-state index < -0.39 is 0 Å². The van der Waals surface area contributed by atoms with Crippen molar-refractivity contribution in [3.8, 4) is 11.4 Å². The molecule has 112 valence electrons. The molecule has 6 N–H and O–H groups in total. The van der Waals surface area contributed by atoms with Gasteiger partial charge in [0.2, 0.25) is 0 Å². The van der Waals surface area contributed by atoms with Crippen LogP contribution in [0.1, 0.15) is 5.56 Å². The number of hydrogen-bond acceptors (Lipinski definition) is 5. The number of aromatic nitrogens is 2. The molecule has 6 nitrogen and oxygen atoms in total. The Morgan fingerprint density at radius 2 is 2.27 bits per heavy atom. The fourth-order valence-corrected chi connectivity index (χ4v) is 2.25. The van der Waals surface area contributed by atoms with Crippen LogP contribution in [-0.2, 0) is 0 Å². The minimum atomic E-state index is 0.104. The molecule has 0 aliphatic carbocycles. The van der Waals surface area contributed by atoms with E-state index in [1.807, 2.05) is 18.2 Å². The molecule has 2 heterocycles. The third-order valence-corrected chi connectivity index (χ3v) is 3.42. The van der Waals surface area contributed by atoms with Crippen molar-refractivity contribution in [3.05, 3.63) is 72.1 Å². The molecule has 0 saturated heterocycles. The molecule has 3 rings (SSSR count). The summed E-state index contributed by atoms with van der Waals surface area (Å²) in [4.78, 5) is 3.98. The van der Waals surface area contributed by atoms with E-state index in [0.717, 1.165) is 11.3 Å². The molecular weight excluding hydrogens is 278 g/mol. The van der Waals surface area contributed by atoms with E-state index in [2.05, 4.69) is 10.3 Å². The molecule has 0 saturated carbocycles. The number of phenolic OH excluding ortho intramolecular Hbond substituents is 1. The van der Waals surface area contributed by atoms with Crippen LogP contribution in [0.15, 0.2) is 66.5 Å². The number of benzene rings is 1. The van der Waals surface area contributed by atoms with Gasteiger partial charge in [-0.25, -0.2) is 4.98 Å². The summed E-state index contributed by atoms with van der Waals surface area (Å²) in [5.74, 6) is 0.673. The van der Waals surface area contributed by atoms with Gasteiger partial charge in [-0.05, 0) is 18.2 Å². The predicted molar refractivity (Wildman–Crippen MR) is 85.7 cm³/mol. The number of nitrogens with two attached hydrogens (primary N) is 2. The Bertz CT molecular complexity index is 772. The van der Waals surface area contributed by atoms with Gasteiger partial charge in [-0.15, -0.1) is 0 Å². The SMILES string of the molecule is NC1=C(/C=C(\N)c2ccc(-n3ccnc3)cc2O)C=CCN1. The summed E-state index contributed by atoms with van der Waals surface area (Å²) in [5.41, 5.74) is 14.6. The summed E-state index contributed by atoms with van der Waals surface area (Å²) in [7, 11) is 0. The predicted octanol–water partition coefficient (Wildman–Crippen LogP) is 1.21. The number of hydrogen-bond donors (Lipinski definition) is 4. The third kappa shape index (κ3) is 2.67. The maximum Gasteiger partial charge on any atom is 0.126 e. The van der Waals surface area contributed by atoms with Gasteiger partial charge in [0.15, 0.2) is 0 Å². The smallest absolute Gasteiger partial charge is 0.126 e. The maximum atomic E-state index is 10.2. The second-order valence-corrected chi connectivity index (χ2v) is 4.92. The Morgan fingerprint density at radius 1 is 1.41 bits per heavy atom. The molecule has 6 heteroatoms. The third-order valence-electron chi connectivity index (χ3n) is 3.42. The van der Waals surface area contributed by atoms with Crippen LogP contribution in [0, 0.1) is 0 Å². The number of nitrogens with one attached hydrogen (secondary N) is 1. The van der Waals surface area contributed by atoms with E-state index >= 15 is 0 Å². The van der Waals surface area contributed by atoms with Crippen LogP contribution in [0.25, 0.3) is 11.4 Å². The first-order chi connectivity index (χ1) is 10.6. The molecule has 0 radical (unpaired) electrons. The summed E-state index contributed by atoms with van der Waals surface area (Å²) in [5, 5.41) is 13.2. The molecule has 0 fully saturated rings. The monoisotopic (exact) mass is 295 g/mol. The highest BCUT2D eigenvalue weighted by Gasteiger charge is 2.08. The molecule has 1 aromatic carbocycles. The minimum absolute atomic E-state index is 0.104.